The molecule has 0 fully saturated rings. The first-order valence-corrected chi connectivity index (χ1v) is 11.1. The van der Waals surface area contributed by atoms with E-state index in [0.29, 0.717) is 13.2 Å². The molecule has 0 aromatic heterocycles. The Morgan fingerprint density at radius 1 is 0.484 bits per heavy atom. The largest absolute Gasteiger partial charge is 0.488 e. The quantitative estimate of drug-likeness (QED) is 0.235. The van der Waals surface area contributed by atoms with E-state index in [4.69, 9.17) is 9.47 Å². The molecule has 152 valence electrons. The van der Waals surface area contributed by atoms with Gasteiger partial charge in [0.05, 0.1) is 0 Å². The van der Waals surface area contributed by atoms with Gasteiger partial charge in [-0.2, -0.15) is 0 Å². The molecule has 0 aliphatic carbocycles. The molecule has 0 bridgehead atoms. The number of hydrogen-bond acceptors (Lipinski definition) is 2. The summed E-state index contributed by atoms with van der Waals surface area (Å²) in [5.41, 5.74) is 2.27. The monoisotopic (exact) mass is 468 g/mol. The predicted molar refractivity (Wildman–Crippen MR) is 131 cm³/mol. The molecular weight excluding hydrogens is 448 g/mol. The number of ether oxygens (including phenoxy) is 2. The van der Waals surface area contributed by atoms with Crippen LogP contribution in [0.5, 0.6) is 11.5 Å². The summed E-state index contributed by atoms with van der Waals surface area (Å²) in [6, 6.07) is 35.0. The molecule has 3 heteroatoms. The molecule has 2 nitrogen and oxygen atoms in total. The third kappa shape index (κ3) is 4.01. The third-order valence-corrected chi connectivity index (χ3v) is 6.01. The summed E-state index contributed by atoms with van der Waals surface area (Å²) >= 11 is 3.75. The van der Waals surface area contributed by atoms with E-state index >= 15 is 0 Å². The topological polar surface area (TPSA) is 18.5 Å². The van der Waals surface area contributed by atoms with Crippen molar-refractivity contribution in [3.05, 3.63) is 119 Å². The Labute approximate surface area is 190 Å². The van der Waals surface area contributed by atoms with Crippen molar-refractivity contribution in [2.45, 2.75) is 13.2 Å². The van der Waals surface area contributed by atoms with Gasteiger partial charge in [-0.05, 0) is 17.2 Å². The Hall–Kier alpha value is -3.30. The van der Waals surface area contributed by atoms with Crippen LogP contribution in [0.3, 0.4) is 0 Å². The van der Waals surface area contributed by atoms with Crippen LogP contribution in [0, 0.1) is 0 Å². The molecule has 5 aromatic rings. The molecule has 0 atom stereocenters. The molecule has 0 amide bonds. The van der Waals surface area contributed by atoms with Gasteiger partial charge >= 0.3 is 0 Å². The first kappa shape index (κ1) is 19.7. The minimum Gasteiger partial charge on any atom is -0.488 e. The molecule has 0 aliphatic heterocycles. The van der Waals surface area contributed by atoms with Crippen molar-refractivity contribution in [1.29, 1.82) is 0 Å². The SMILES string of the molecule is Brc1cccc2c(OCc3ccccc3)c3ccccc3c(OCc3ccccc3)c12. The zero-order valence-electron chi connectivity index (χ0n) is 16.9. The van der Waals surface area contributed by atoms with Gasteiger partial charge in [-0.15, -0.1) is 0 Å². The van der Waals surface area contributed by atoms with Crippen LogP contribution in [-0.4, -0.2) is 0 Å². The molecule has 5 aromatic carbocycles. The smallest absolute Gasteiger partial charge is 0.136 e. The van der Waals surface area contributed by atoms with E-state index < -0.39 is 0 Å². The van der Waals surface area contributed by atoms with Crippen LogP contribution in [-0.2, 0) is 13.2 Å². The van der Waals surface area contributed by atoms with Crippen LogP contribution in [0.4, 0.5) is 0 Å². The first-order valence-electron chi connectivity index (χ1n) is 10.3. The van der Waals surface area contributed by atoms with E-state index in [1.54, 1.807) is 0 Å². The Morgan fingerprint density at radius 2 is 0.968 bits per heavy atom. The van der Waals surface area contributed by atoms with E-state index in [-0.39, 0.29) is 0 Å². The summed E-state index contributed by atoms with van der Waals surface area (Å²) < 4.78 is 13.8. The summed E-state index contributed by atoms with van der Waals surface area (Å²) in [6.07, 6.45) is 0. The standard InChI is InChI=1S/C28H21BrO2/c29-25-17-9-16-24-26(25)28(31-19-21-12-5-2-6-13-21)23-15-8-7-14-22(23)27(24)30-18-20-10-3-1-4-11-20/h1-17H,18-19H2. The van der Waals surface area contributed by atoms with E-state index in [9.17, 15) is 0 Å². The number of benzene rings is 5. The van der Waals surface area contributed by atoms with E-state index in [1.165, 1.54) is 0 Å². The molecule has 0 saturated carbocycles. The van der Waals surface area contributed by atoms with Gasteiger partial charge in [-0.1, -0.05) is 113 Å². The third-order valence-electron chi connectivity index (χ3n) is 5.35. The summed E-state index contributed by atoms with van der Waals surface area (Å²) in [7, 11) is 0. The van der Waals surface area contributed by atoms with Crippen LogP contribution >= 0.6 is 15.9 Å². The minimum atomic E-state index is 0.505. The maximum Gasteiger partial charge on any atom is 0.136 e. The molecule has 0 N–H and O–H groups in total. The molecule has 0 aliphatic rings. The fourth-order valence-electron chi connectivity index (χ4n) is 3.87. The summed E-state index contributed by atoms with van der Waals surface area (Å²) in [4.78, 5) is 0. The number of fused-ring (bicyclic) bond motifs is 2. The average Bonchev–Trinajstić information content (AvgIpc) is 2.83. The lowest BCUT2D eigenvalue weighted by atomic mass is 10.0. The molecule has 0 spiro atoms. The molecular formula is C28H21BrO2. The first-order chi connectivity index (χ1) is 15.3. The van der Waals surface area contributed by atoms with Crippen LogP contribution in [0.25, 0.3) is 21.5 Å². The minimum absolute atomic E-state index is 0.505. The van der Waals surface area contributed by atoms with E-state index in [2.05, 4.69) is 58.4 Å². The zero-order chi connectivity index (χ0) is 21.0. The second-order valence-corrected chi connectivity index (χ2v) is 8.27. The lowest BCUT2D eigenvalue weighted by Gasteiger charge is -2.19. The Kier molecular flexibility index (Phi) is 5.59. The van der Waals surface area contributed by atoms with Crippen molar-refractivity contribution in [2.75, 3.05) is 0 Å². The van der Waals surface area contributed by atoms with Crippen molar-refractivity contribution >= 4 is 37.5 Å². The van der Waals surface area contributed by atoms with Crippen LogP contribution in [0.2, 0.25) is 0 Å². The molecule has 0 radical (unpaired) electrons. The van der Waals surface area contributed by atoms with E-state index in [1.807, 2.05) is 60.7 Å². The normalized spacial score (nSPS) is 11.0. The zero-order valence-corrected chi connectivity index (χ0v) is 18.5. The molecule has 0 unspecified atom stereocenters. The van der Waals surface area contributed by atoms with Gasteiger partial charge in [0.1, 0.15) is 24.7 Å². The van der Waals surface area contributed by atoms with Crippen molar-refractivity contribution in [3.63, 3.8) is 0 Å². The van der Waals surface area contributed by atoms with Gasteiger partial charge in [0, 0.05) is 26.0 Å². The maximum absolute atomic E-state index is 6.43. The van der Waals surface area contributed by atoms with Gasteiger partial charge in [0.25, 0.3) is 0 Å². The Bertz CT molecular complexity index is 1330. The lowest BCUT2D eigenvalue weighted by molar-refractivity contribution is 0.308. The predicted octanol–water partition coefficient (Wildman–Crippen LogP) is 7.91. The highest BCUT2D eigenvalue weighted by atomic mass is 79.9. The second-order valence-electron chi connectivity index (χ2n) is 7.41. The van der Waals surface area contributed by atoms with Gasteiger partial charge < -0.3 is 9.47 Å². The van der Waals surface area contributed by atoms with Crippen LogP contribution in [0.15, 0.2) is 108 Å². The summed E-state index contributed by atoms with van der Waals surface area (Å²) in [6.45, 7) is 1.02. The average molecular weight is 469 g/mol. The highest BCUT2D eigenvalue weighted by Crippen LogP contribution is 2.45. The Morgan fingerprint density at radius 3 is 1.58 bits per heavy atom. The maximum atomic E-state index is 6.43. The van der Waals surface area contributed by atoms with Crippen molar-refractivity contribution in [2.24, 2.45) is 0 Å². The van der Waals surface area contributed by atoms with Crippen molar-refractivity contribution in [1.82, 2.24) is 0 Å². The fourth-order valence-corrected chi connectivity index (χ4v) is 4.41. The van der Waals surface area contributed by atoms with Crippen LogP contribution in [0.1, 0.15) is 11.1 Å². The van der Waals surface area contributed by atoms with Gasteiger partial charge in [-0.25, -0.2) is 0 Å². The number of rotatable bonds is 6. The molecule has 0 heterocycles. The summed E-state index contributed by atoms with van der Waals surface area (Å²) in [5, 5.41) is 4.15. The fraction of sp³-hybridized carbons (Fsp3) is 0.0714. The Balaban J connectivity index is 1.65. The molecule has 5 rings (SSSR count). The lowest BCUT2D eigenvalue weighted by Crippen LogP contribution is -2.01. The van der Waals surface area contributed by atoms with Gasteiger partial charge in [0.2, 0.25) is 0 Å². The highest BCUT2D eigenvalue weighted by molar-refractivity contribution is 9.10. The number of halogens is 1. The number of hydrogen-bond donors (Lipinski definition) is 0. The van der Waals surface area contributed by atoms with Crippen LogP contribution < -0.4 is 9.47 Å². The van der Waals surface area contributed by atoms with Gasteiger partial charge in [-0.3, -0.25) is 0 Å². The second kappa shape index (κ2) is 8.83. The van der Waals surface area contributed by atoms with E-state index in [0.717, 1.165) is 48.6 Å². The highest BCUT2D eigenvalue weighted by Gasteiger charge is 2.18. The summed E-state index contributed by atoms with van der Waals surface area (Å²) in [5.74, 6) is 1.75. The van der Waals surface area contributed by atoms with Gasteiger partial charge in [0.15, 0.2) is 0 Å². The van der Waals surface area contributed by atoms with Crippen molar-refractivity contribution < 1.29 is 9.47 Å². The molecule has 31 heavy (non-hydrogen) atoms. The molecule has 0 saturated heterocycles. The van der Waals surface area contributed by atoms with Crippen molar-refractivity contribution in [3.8, 4) is 11.5 Å².